The average Bonchev–Trinajstić information content (AvgIpc) is 2.75. The molecule has 2 aliphatic rings. The van der Waals surface area contributed by atoms with Gasteiger partial charge in [-0.15, -0.1) is 0 Å². The molecule has 2 unspecified atom stereocenters. The summed E-state index contributed by atoms with van der Waals surface area (Å²) in [6.45, 7) is 1.27. The zero-order valence-electron chi connectivity index (χ0n) is 9.82. The van der Waals surface area contributed by atoms with Crippen LogP contribution in [0.4, 0.5) is 5.69 Å². The molecule has 4 nitrogen and oxygen atoms in total. The number of anilines is 1. The van der Waals surface area contributed by atoms with Gasteiger partial charge in [0.2, 0.25) is 0 Å². The molecule has 92 valence electrons. The van der Waals surface area contributed by atoms with Crippen LogP contribution in [0.1, 0.15) is 19.3 Å². The van der Waals surface area contributed by atoms with Crippen molar-refractivity contribution in [3.63, 3.8) is 0 Å². The standard InChI is InChI=1S/C13H18N2O2/c14-9-1-2-10(7-9)15-11-3-4-12-13(8-11)17-6-5-16-12/h3-4,8-10,15H,1-2,5-7,14H2. The van der Waals surface area contributed by atoms with Crippen molar-refractivity contribution in [2.24, 2.45) is 5.73 Å². The molecule has 0 amide bonds. The highest BCUT2D eigenvalue weighted by Gasteiger charge is 2.22. The molecule has 1 saturated carbocycles. The minimum atomic E-state index is 0.352. The van der Waals surface area contributed by atoms with Crippen molar-refractivity contribution in [2.75, 3.05) is 18.5 Å². The Kier molecular flexibility index (Phi) is 2.81. The van der Waals surface area contributed by atoms with E-state index in [4.69, 9.17) is 15.2 Å². The lowest BCUT2D eigenvalue weighted by molar-refractivity contribution is 0.171. The molecule has 0 saturated heterocycles. The smallest absolute Gasteiger partial charge is 0.163 e. The monoisotopic (exact) mass is 234 g/mol. The molecule has 0 spiro atoms. The second-order valence-corrected chi connectivity index (χ2v) is 4.77. The first-order valence-corrected chi connectivity index (χ1v) is 6.23. The highest BCUT2D eigenvalue weighted by atomic mass is 16.6. The third-order valence-corrected chi connectivity index (χ3v) is 3.39. The fourth-order valence-electron chi connectivity index (χ4n) is 2.52. The summed E-state index contributed by atoms with van der Waals surface area (Å²) in [5.41, 5.74) is 7.00. The van der Waals surface area contributed by atoms with Gasteiger partial charge in [0.1, 0.15) is 13.2 Å². The first-order valence-electron chi connectivity index (χ1n) is 6.23. The number of rotatable bonds is 2. The van der Waals surface area contributed by atoms with Gasteiger partial charge in [0.05, 0.1) is 0 Å². The van der Waals surface area contributed by atoms with Gasteiger partial charge >= 0.3 is 0 Å². The van der Waals surface area contributed by atoms with Crippen molar-refractivity contribution in [3.05, 3.63) is 18.2 Å². The summed E-state index contributed by atoms with van der Waals surface area (Å²) in [6.07, 6.45) is 3.31. The van der Waals surface area contributed by atoms with Crippen molar-refractivity contribution < 1.29 is 9.47 Å². The quantitative estimate of drug-likeness (QED) is 0.818. The molecule has 0 radical (unpaired) electrons. The molecule has 4 heteroatoms. The van der Waals surface area contributed by atoms with Gasteiger partial charge in [0.25, 0.3) is 0 Å². The molecule has 1 fully saturated rings. The minimum absolute atomic E-state index is 0.352. The average molecular weight is 234 g/mol. The molecule has 3 rings (SSSR count). The predicted molar refractivity (Wildman–Crippen MR) is 66.7 cm³/mol. The largest absolute Gasteiger partial charge is 0.486 e. The molecule has 1 aliphatic carbocycles. The third-order valence-electron chi connectivity index (χ3n) is 3.39. The highest BCUT2D eigenvalue weighted by Crippen LogP contribution is 2.33. The molecule has 0 aromatic heterocycles. The molecular weight excluding hydrogens is 216 g/mol. The van der Waals surface area contributed by atoms with E-state index in [9.17, 15) is 0 Å². The lowest BCUT2D eigenvalue weighted by Gasteiger charge is -2.20. The van der Waals surface area contributed by atoms with Crippen LogP contribution in [-0.4, -0.2) is 25.3 Å². The van der Waals surface area contributed by atoms with E-state index in [0.717, 1.165) is 36.4 Å². The summed E-state index contributed by atoms with van der Waals surface area (Å²) in [5, 5.41) is 3.51. The van der Waals surface area contributed by atoms with Gasteiger partial charge in [0.15, 0.2) is 11.5 Å². The predicted octanol–water partition coefficient (Wildman–Crippen LogP) is 1.75. The van der Waals surface area contributed by atoms with E-state index < -0.39 is 0 Å². The van der Waals surface area contributed by atoms with Crippen molar-refractivity contribution in [3.8, 4) is 11.5 Å². The number of hydrogen-bond donors (Lipinski definition) is 2. The van der Waals surface area contributed by atoms with E-state index in [-0.39, 0.29) is 0 Å². The fraction of sp³-hybridized carbons (Fsp3) is 0.538. The first kappa shape index (κ1) is 10.7. The van der Waals surface area contributed by atoms with Gasteiger partial charge in [0, 0.05) is 23.8 Å². The summed E-state index contributed by atoms with van der Waals surface area (Å²) in [5.74, 6) is 1.67. The van der Waals surface area contributed by atoms with Crippen LogP contribution in [-0.2, 0) is 0 Å². The number of nitrogens with one attached hydrogen (secondary N) is 1. The maximum absolute atomic E-state index is 5.90. The van der Waals surface area contributed by atoms with Gasteiger partial charge in [-0.05, 0) is 31.4 Å². The minimum Gasteiger partial charge on any atom is -0.486 e. The Morgan fingerprint density at radius 2 is 1.94 bits per heavy atom. The lowest BCUT2D eigenvalue weighted by Crippen LogP contribution is -2.21. The summed E-state index contributed by atoms with van der Waals surface area (Å²) >= 11 is 0. The van der Waals surface area contributed by atoms with E-state index in [1.165, 1.54) is 0 Å². The summed E-state index contributed by atoms with van der Waals surface area (Å²) in [7, 11) is 0. The summed E-state index contributed by atoms with van der Waals surface area (Å²) in [4.78, 5) is 0. The van der Waals surface area contributed by atoms with Gasteiger partial charge in [-0.1, -0.05) is 0 Å². The van der Waals surface area contributed by atoms with Crippen molar-refractivity contribution in [1.29, 1.82) is 0 Å². The number of benzene rings is 1. The Bertz CT molecular complexity index is 408. The molecule has 0 bridgehead atoms. The van der Waals surface area contributed by atoms with Gasteiger partial charge in [-0.3, -0.25) is 0 Å². The molecule has 2 atom stereocenters. The fourth-order valence-corrected chi connectivity index (χ4v) is 2.52. The number of ether oxygens (including phenoxy) is 2. The first-order chi connectivity index (χ1) is 8.31. The summed E-state index contributed by atoms with van der Waals surface area (Å²) in [6, 6.07) is 6.86. The maximum Gasteiger partial charge on any atom is 0.163 e. The van der Waals surface area contributed by atoms with Crippen LogP contribution in [0.25, 0.3) is 0 Å². The lowest BCUT2D eigenvalue weighted by atomic mass is 10.2. The van der Waals surface area contributed by atoms with Crippen LogP contribution < -0.4 is 20.5 Å². The molecule has 17 heavy (non-hydrogen) atoms. The van der Waals surface area contributed by atoms with Gasteiger partial charge < -0.3 is 20.5 Å². The van der Waals surface area contributed by atoms with E-state index >= 15 is 0 Å². The number of hydrogen-bond acceptors (Lipinski definition) is 4. The second kappa shape index (κ2) is 4.45. The van der Waals surface area contributed by atoms with Crippen LogP contribution in [0.3, 0.4) is 0 Å². The van der Waals surface area contributed by atoms with Gasteiger partial charge in [-0.25, -0.2) is 0 Å². The molecular formula is C13H18N2O2. The van der Waals surface area contributed by atoms with Crippen LogP contribution in [0, 0.1) is 0 Å². The maximum atomic E-state index is 5.90. The molecule has 3 N–H and O–H groups in total. The number of fused-ring (bicyclic) bond motifs is 1. The van der Waals surface area contributed by atoms with E-state index in [0.29, 0.717) is 25.3 Å². The third kappa shape index (κ3) is 2.31. The zero-order chi connectivity index (χ0) is 11.7. The summed E-state index contributed by atoms with van der Waals surface area (Å²) < 4.78 is 11.1. The molecule has 1 aromatic carbocycles. The van der Waals surface area contributed by atoms with Crippen molar-refractivity contribution in [2.45, 2.75) is 31.3 Å². The van der Waals surface area contributed by atoms with Gasteiger partial charge in [-0.2, -0.15) is 0 Å². The van der Waals surface area contributed by atoms with Crippen LogP contribution in [0.2, 0.25) is 0 Å². The Hall–Kier alpha value is -1.42. The zero-order valence-corrected chi connectivity index (χ0v) is 9.82. The topological polar surface area (TPSA) is 56.5 Å². The van der Waals surface area contributed by atoms with Crippen molar-refractivity contribution in [1.82, 2.24) is 0 Å². The Balaban J connectivity index is 1.71. The van der Waals surface area contributed by atoms with Crippen LogP contribution in [0.5, 0.6) is 11.5 Å². The van der Waals surface area contributed by atoms with E-state index in [1.54, 1.807) is 0 Å². The SMILES string of the molecule is NC1CCC(Nc2ccc3c(c2)OCCO3)C1. The Morgan fingerprint density at radius 1 is 1.12 bits per heavy atom. The van der Waals surface area contributed by atoms with E-state index in [1.807, 2.05) is 18.2 Å². The highest BCUT2D eigenvalue weighted by molar-refractivity contribution is 5.55. The normalized spacial score (nSPS) is 26.9. The van der Waals surface area contributed by atoms with Crippen molar-refractivity contribution >= 4 is 5.69 Å². The van der Waals surface area contributed by atoms with E-state index in [2.05, 4.69) is 5.32 Å². The molecule has 1 aliphatic heterocycles. The second-order valence-electron chi connectivity index (χ2n) is 4.77. The number of nitrogens with two attached hydrogens (primary N) is 1. The van der Waals surface area contributed by atoms with Crippen LogP contribution >= 0.6 is 0 Å². The molecule has 1 aromatic rings. The Morgan fingerprint density at radius 3 is 2.71 bits per heavy atom. The molecule has 1 heterocycles. The van der Waals surface area contributed by atoms with Crippen LogP contribution in [0.15, 0.2) is 18.2 Å². The Labute approximate surface area is 101 Å².